The Bertz CT molecular complexity index is 1240. The van der Waals surface area contributed by atoms with Gasteiger partial charge in [-0.05, 0) is 30.3 Å². The molecule has 5 heterocycles. The number of furan rings is 1. The quantitative estimate of drug-likeness (QED) is 0.539. The zero-order valence-corrected chi connectivity index (χ0v) is 16.5. The fourth-order valence-corrected chi connectivity index (χ4v) is 4.75. The number of halogens is 3. The summed E-state index contributed by atoms with van der Waals surface area (Å²) in [6.07, 6.45) is -2.89. The standard InChI is InChI=1S/C21H13F3N2O4S/c22-21(23,24)17-4-3-11(30-17)8-26-13-2-1-5-25-18(13)20(19(26)31)9-27-14-7-16-15(6-12(14)20)28-10-29-16/h1-7H,8-10H2. The first-order valence-electron chi connectivity index (χ1n) is 9.38. The van der Waals surface area contributed by atoms with Gasteiger partial charge in [0.1, 0.15) is 28.5 Å². The third-order valence-corrected chi connectivity index (χ3v) is 6.29. The molecule has 3 aromatic rings. The van der Waals surface area contributed by atoms with Gasteiger partial charge in [0.2, 0.25) is 12.6 Å². The molecule has 1 atom stereocenters. The predicted molar refractivity (Wildman–Crippen MR) is 106 cm³/mol. The predicted octanol–water partition coefficient (Wildman–Crippen LogP) is 4.45. The Morgan fingerprint density at radius 1 is 1.06 bits per heavy atom. The van der Waals surface area contributed by atoms with Crippen LogP contribution in [0.25, 0.3) is 0 Å². The molecule has 6 nitrogen and oxygen atoms in total. The van der Waals surface area contributed by atoms with E-state index in [0.29, 0.717) is 33.6 Å². The van der Waals surface area contributed by atoms with Crippen molar-refractivity contribution in [1.82, 2.24) is 4.98 Å². The number of hydrogen-bond acceptors (Lipinski definition) is 6. The van der Waals surface area contributed by atoms with Crippen molar-refractivity contribution < 1.29 is 31.8 Å². The van der Waals surface area contributed by atoms with Gasteiger partial charge in [0.05, 0.1) is 17.9 Å². The molecule has 0 fully saturated rings. The molecule has 0 saturated carbocycles. The Labute approximate surface area is 179 Å². The van der Waals surface area contributed by atoms with Gasteiger partial charge in [-0.3, -0.25) is 4.98 Å². The zero-order valence-electron chi connectivity index (χ0n) is 15.7. The zero-order chi connectivity index (χ0) is 21.4. The number of benzene rings is 1. The summed E-state index contributed by atoms with van der Waals surface area (Å²) in [7, 11) is 0. The Balaban J connectivity index is 1.44. The van der Waals surface area contributed by atoms with E-state index in [2.05, 4.69) is 4.98 Å². The molecule has 0 saturated heterocycles. The first-order valence-corrected chi connectivity index (χ1v) is 9.79. The van der Waals surface area contributed by atoms with Crippen LogP contribution in [0.2, 0.25) is 0 Å². The van der Waals surface area contributed by atoms with E-state index in [1.54, 1.807) is 23.2 Å². The third-order valence-electron chi connectivity index (χ3n) is 5.73. The number of anilines is 1. The maximum Gasteiger partial charge on any atom is 0.449 e. The Morgan fingerprint density at radius 2 is 1.87 bits per heavy atom. The average Bonchev–Trinajstić information content (AvgIpc) is 3.50. The molecule has 31 heavy (non-hydrogen) atoms. The minimum Gasteiger partial charge on any atom is -0.491 e. The summed E-state index contributed by atoms with van der Waals surface area (Å²) in [6.45, 7) is 0.377. The number of rotatable bonds is 2. The van der Waals surface area contributed by atoms with Crippen LogP contribution in [0, 0.1) is 0 Å². The molecule has 2 aromatic heterocycles. The first kappa shape index (κ1) is 18.5. The van der Waals surface area contributed by atoms with Gasteiger partial charge in [-0.2, -0.15) is 13.2 Å². The van der Waals surface area contributed by atoms with Crippen LogP contribution in [0.4, 0.5) is 18.9 Å². The third kappa shape index (κ3) is 2.51. The molecule has 6 rings (SSSR count). The minimum absolute atomic E-state index is 0.0369. The van der Waals surface area contributed by atoms with Gasteiger partial charge in [0.15, 0.2) is 11.5 Å². The number of thiocarbonyl (C=S) groups is 1. The van der Waals surface area contributed by atoms with Crippen molar-refractivity contribution >= 4 is 22.9 Å². The number of pyridine rings is 1. The molecule has 3 aliphatic rings. The van der Waals surface area contributed by atoms with Gasteiger partial charge >= 0.3 is 6.18 Å². The lowest BCUT2D eigenvalue weighted by Gasteiger charge is -2.25. The molecule has 0 radical (unpaired) electrons. The highest BCUT2D eigenvalue weighted by atomic mass is 32.1. The molecule has 10 heteroatoms. The van der Waals surface area contributed by atoms with Crippen molar-refractivity contribution in [2.75, 3.05) is 18.3 Å². The summed E-state index contributed by atoms with van der Waals surface area (Å²) in [5, 5.41) is 0. The van der Waals surface area contributed by atoms with Crippen LogP contribution in [0.5, 0.6) is 17.2 Å². The molecule has 1 aromatic carbocycles. The van der Waals surface area contributed by atoms with Crippen LogP contribution < -0.4 is 19.1 Å². The van der Waals surface area contributed by atoms with Crippen molar-refractivity contribution in [1.29, 1.82) is 0 Å². The Kier molecular flexibility index (Phi) is 3.66. The van der Waals surface area contributed by atoms with E-state index < -0.39 is 17.4 Å². The highest BCUT2D eigenvalue weighted by Gasteiger charge is 2.56. The maximum absolute atomic E-state index is 13.0. The second kappa shape index (κ2) is 6.13. The van der Waals surface area contributed by atoms with E-state index in [1.807, 2.05) is 12.1 Å². The monoisotopic (exact) mass is 446 g/mol. The van der Waals surface area contributed by atoms with Gasteiger partial charge in [0, 0.05) is 17.8 Å². The highest BCUT2D eigenvalue weighted by molar-refractivity contribution is 7.80. The lowest BCUT2D eigenvalue weighted by atomic mass is 9.80. The van der Waals surface area contributed by atoms with Crippen molar-refractivity contribution in [3.05, 3.63) is 65.4 Å². The van der Waals surface area contributed by atoms with E-state index in [4.69, 9.17) is 30.8 Å². The second-order valence-electron chi connectivity index (χ2n) is 7.42. The van der Waals surface area contributed by atoms with Crippen molar-refractivity contribution in [3.63, 3.8) is 0 Å². The molecular weight excluding hydrogens is 433 g/mol. The summed E-state index contributed by atoms with van der Waals surface area (Å²) in [5.41, 5.74) is 1.31. The number of ether oxygens (including phenoxy) is 3. The first-order chi connectivity index (χ1) is 14.9. The summed E-state index contributed by atoms with van der Waals surface area (Å²) < 4.78 is 60.9. The number of aromatic nitrogens is 1. The van der Waals surface area contributed by atoms with Crippen LogP contribution in [-0.4, -0.2) is 23.4 Å². The van der Waals surface area contributed by atoms with Gasteiger partial charge < -0.3 is 23.5 Å². The van der Waals surface area contributed by atoms with E-state index in [9.17, 15) is 13.2 Å². The summed E-state index contributed by atoms with van der Waals surface area (Å²) in [5.74, 6) is 0.890. The lowest BCUT2D eigenvalue weighted by molar-refractivity contribution is -0.153. The van der Waals surface area contributed by atoms with Crippen LogP contribution >= 0.6 is 12.2 Å². The van der Waals surface area contributed by atoms with Crippen LogP contribution in [0.15, 0.2) is 47.0 Å². The molecule has 0 N–H and O–H groups in total. The summed E-state index contributed by atoms with van der Waals surface area (Å²) >= 11 is 5.87. The minimum atomic E-state index is -4.55. The van der Waals surface area contributed by atoms with Crippen LogP contribution in [-0.2, 0) is 18.1 Å². The normalized spacial score (nSPS) is 20.9. The number of nitrogens with zero attached hydrogens (tertiary/aromatic N) is 2. The molecule has 158 valence electrons. The van der Waals surface area contributed by atoms with Gasteiger partial charge in [0.25, 0.3) is 0 Å². The van der Waals surface area contributed by atoms with Crippen LogP contribution in [0.3, 0.4) is 0 Å². The Hall–Kier alpha value is -3.27. The van der Waals surface area contributed by atoms with Crippen molar-refractivity contribution in [3.8, 4) is 17.2 Å². The molecule has 0 bridgehead atoms. The smallest absolute Gasteiger partial charge is 0.449 e. The summed E-state index contributed by atoms with van der Waals surface area (Å²) in [4.78, 5) is 6.81. The van der Waals surface area contributed by atoms with Crippen molar-refractivity contribution in [2.45, 2.75) is 18.1 Å². The van der Waals surface area contributed by atoms with E-state index in [0.717, 1.165) is 11.6 Å². The fourth-order valence-electron chi connectivity index (χ4n) is 4.33. The van der Waals surface area contributed by atoms with Gasteiger partial charge in [-0.1, -0.05) is 12.2 Å². The van der Waals surface area contributed by atoms with Gasteiger partial charge in [-0.15, -0.1) is 0 Å². The second-order valence-corrected chi connectivity index (χ2v) is 7.81. The fraction of sp³-hybridized carbons (Fsp3) is 0.238. The van der Waals surface area contributed by atoms with Gasteiger partial charge in [-0.25, -0.2) is 0 Å². The van der Waals surface area contributed by atoms with E-state index in [1.165, 1.54) is 6.07 Å². The van der Waals surface area contributed by atoms with E-state index >= 15 is 0 Å². The molecule has 0 amide bonds. The lowest BCUT2D eigenvalue weighted by Crippen LogP contribution is -2.41. The number of fused-ring (bicyclic) bond motifs is 5. The van der Waals surface area contributed by atoms with E-state index in [-0.39, 0.29) is 25.7 Å². The molecule has 1 spiro atoms. The summed E-state index contributed by atoms with van der Waals surface area (Å²) in [6, 6.07) is 9.43. The molecular formula is C21H13F3N2O4S. The molecule has 1 unspecified atom stereocenters. The molecule has 0 aliphatic carbocycles. The largest absolute Gasteiger partial charge is 0.491 e. The van der Waals surface area contributed by atoms with Crippen LogP contribution in [0.1, 0.15) is 22.8 Å². The SMILES string of the molecule is FC(F)(F)c1ccc(CN2C(=S)C3(COc4cc5c(cc43)OCO5)c3ncccc32)o1. The number of hydrogen-bond donors (Lipinski definition) is 0. The Morgan fingerprint density at radius 3 is 2.65 bits per heavy atom. The average molecular weight is 446 g/mol. The topological polar surface area (TPSA) is 57.0 Å². The van der Waals surface area contributed by atoms with Crippen molar-refractivity contribution in [2.24, 2.45) is 0 Å². The highest BCUT2D eigenvalue weighted by Crippen LogP contribution is 2.55. The molecule has 3 aliphatic heterocycles. The maximum atomic E-state index is 13.0. The number of alkyl halides is 3.